The average Bonchev–Trinajstić information content (AvgIpc) is 2.96. The van der Waals surface area contributed by atoms with Gasteiger partial charge in [0.25, 0.3) is 0 Å². The summed E-state index contributed by atoms with van der Waals surface area (Å²) in [5.41, 5.74) is -0.683. The van der Waals surface area contributed by atoms with Crippen LogP contribution >= 0.6 is 0 Å². The third kappa shape index (κ3) is 6.13. The van der Waals surface area contributed by atoms with Gasteiger partial charge in [-0.05, 0) is 51.7 Å². The molecule has 2 amide bonds. The predicted molar refractivity (Wildman–Crippen MR) is 125 cm³/mol. The SMILES string of the molecule is COC(=O)[C@@H]1C[C@@H](O[Si](C)(C)C(C)(C)C)[C@@H]2CC=CC[C@H](NC(=O)OC(C)(C)C)C(=O)N12. The molecule has 0 aromatic carbocycles. The van der Waals surface area contributed by atoms with Crippen LogP contribution < -0.4 is 5.32 Å². The van der Waals surface area contributed by atoms with E-state index in [1.807, 2.05) is 12.2 Å². The van der Waals surface area contributed by atoms with E-state index in [1.54, 1.807) is 25.7 Å². The lowest BCUT2D eigenvalue weighted by atomic mass is 10.0. The lowest BCUT2D eigenvalue weighted by Gasteiger charge is -2.41. The number of hydrogen-bond donors (Lipinski definition) is 1. The fourth-order valence-corrected chi connectivity index (χ4v) is 5.19. The number of rotatable bonds is 4. The van der Waals surface area contributed by atoms with Gasteiger partial charge in [0.15, 0.2) is 8.32 Å². The quantitative estimate of drug-likeness (QED) is 0.383. The first-order valence-corrected chi connectivity index (χ1v) is 14.2. The van der Waals surface area contributed by atoms with E-state index in [0.717, 1.165) is 0 Å². The molecule has 0 bridgehead atoms. The van der Waals surface area contributed by atoms with E-state index in [4.69, 9.17) is 13.9 Å². The van der Waals surface area contributed by atoms with Crippen LogP contribution in [0.25, 0.3) is 0 Å². The van der Waals surface area contributed by atoms with Crippen LogP contribution in [-0.2, 0) is 23.5 Å². The van der Waals surface area contributed by atoms with E-state index in [9.17, 15) is 14.4 Å². The molecule has 1 saturated heterocycles. The van der Waals surface area contributed by atoms with Gasteiger partial charge >= 0.3 is 12.1 Å². The molecule has 9 heteroatoms. The molecule has 182 valence electrons. The number of esters is 1. The van der Waals surface area contributed by atoms with Crippen LogP contribution in [0.2, 0.25) is 18.1 Å². The lowest BCUT2D eigenvalue weighted by Crippen LogP contribution is -2.56. The van der Waals surface area contributed by atoms with Gasteiger partial charge in [0.05, 0.1) is 19.3 Å². The second kappa shape index (κ2) is 9.55. The number of amides is 2. The molecular formula is C23H40N2O6Si. The highest BCUT2D eigenvalue weighted by molar-refractivity contribution is 6.74. The van der Waals surface area contributed by atoms with Crippen LogP contribution in [0.5, 0.6) is 0 Å². The van der Waals surface area contributed by atoms with Crippen molar-refractivity contribution in [3.63, 3.8) is 0 Å². The van der Waals surface area contributed by atoms with E-state index in [2.05, 4.69) is 39.2 Å². The zero-order valence-electron chi connectivity index (χ0n) is 21.0. The van der Waals surface area contributed by atoms with Gasteiger partial charge in [-0.2, -0.15) is 0 Å². The van der Waals surface area contributed by atoms with Gasteiger partial charge in [-0.25, -0.2) is 9.59 Å². The van der Waals surface area contributed by atoms with Crippen LogP contribution in [0, 0.1) is 0 Å². The maximum atomic E-state index is 13.6. The molecule has 0 aromatic heterocycles. The Hall–Kier alpha value is -1.87. The Bertz CT molecular complexity index is 753. The van der Waals surface area contributed by atoms with E-state index < -0.39 is 38.1 Å². The summed E-state index contributed by atoms with van der Waals surface area (Å²) >= 11 is 0. The highest BCUT2D eigenvalue weighted by atomic mass is 28.4. The van der Waals surface area contributed by atoms with Crippen molar-refractivity contribution in [3.8, 4) is 0 Å². The zero-order valence-corrected chi connectivity index (χ0v) is 22.0. The van der Waals surface area contributed by atoms with E-state index in [-0.39, 0.29) is 23.1 Å². The first kappa shape index (κ1) is 26.4. The number of nitrogens with zero attached hydrogens (tertiary/aromatic N) is 1. The van der Waals surface area contributed by atoms with Gasteiger partial charge in [0, 0.05) is 6.42 Å². The molecule has 0 spiro atoms. The van der Waals surface area contributed by atoms with Crippen molar-refractivity contribution in [1.29, 1.82) is 0 Å². The van der Waals surface area contributed by atoms with Crippen LogP contribution in [0.15, 0.2) is 12.2 Å². The van der Waals surface area contributed by atoms with E-state index >= 15 is 0 Å². The monoisotopic (exact) mass is 468 g/mol. The third-order valence-electron chi connectivity index (χ3n) is 6.46. The number of alkyl carbamates (subject to hydrolysis) is 1. The Morgan fingerprint density at radius 1 is 1.09 bits per heavy atom. The van der Waals surface area contributed by atoms with Gasteiger partial charge in [-0.1, -0.05) is 32.9 Å². The molecule has 0 aliphatic carbocycles. The smallest absolute Gasteiger partial charge is 0.408 e. The van der Waals surface area contributed by atoms with E-state index in [1.165, 1.54) is 7.11 Å². The Labute approximate surface area is 193 Å². The summed E-state index contributed by atoms with van der Waals surface area (Å²) in [7, 11) is -0.822. The summed E-state index contributed by atoms with van der Waals surface area (Å²) < 4.78 is 17.0. The van der Waals surface area contributed by atoms with Crippen molar-refractivity contribution in [2.24, 2.45) is 0 Å². The molecule has 2 aliphatic rings. The Balaban J connectivity index is 2.34. The number of methoxy groups -OCH3 is 1. The minimum Gasteiger partial charge on any atom is -0.467 e. The summed E-state index contributed by atoms with van der Waals surface area (Å²) in [6.07, 6.45) is 4.23. The van der Waals surface area contributed by atoms with Crippen molar-refractivity contribution in [3.05, 3.63) is 12.2 Å². The number of fused-ring (bicyclic) bond motifs is 1. The second-order valence-electron chi connectivity index (χ2n) is 11.1. The summed E-state index contributed by atoms with van der Waals surface area (Å²) in [5.74, 6) is -0.785. The molecule has 0 aromatic rings. The normalized spacial score (nSPS) is 26.8. The molecule has 2 heterocycles. The topological polar surface area (TPSA) is 94.2 Å². The zero-order chi connectivity index (χ0) is 24.5. The minimum absolute atomic E-state index is 0.0105. The summed E-state index contributed by atoms with van der Waals surface area (Å²) in [5, 5.41) is 2.67. The molecule has 8 nitrogen and oxygen atoms in total. The van der Waals surface area contributed by atoms with Crippen molar-refractivity contribution in [1.82, 2.24) is 10.2 Å². The highest BCUT2D eigenvalue weighted by Crippen LogP contribution is 2.41. The maximum absolute atomic E-state index is 13.6. The van der Waals surface area contributed by atoms with Crippen LogP contribution in [0.1, 0.15) is 60.8 Å². The number of nitrogens with one attached hydrogen (secondary N) is 1. The standard InChI is InChI=1S/C23H40N2O6Si/c1-22(2,3)30-21(28)24-15-12-10-11-13-16-18(31-32(8,9)23(4,5)6)14-17(20(27)29-7)25(16)19(15)26/h10-11,15-18H,12-14H2,1-9H3,(H,24,28)/t15-,16-,17-,18+/m0/s1. The van der Waals surface area contributed by atoms with Crippen molar-refractivity contribution < 1.29 is 28.3 Å². The predicted octanol–water partition coefficient (Wildman–Crippen LogP) is 3.76. The first-order chi connectivity index (χ1) is 14.6. The molecular weight excluding hydrogens is 428 g/mol. The third-order valence-corrected chi connectivity index (χ3v) is 11.0. The van der Waals surface area contributed by atoms with Crippen molar-refractivity contribution in [2.75, 3.05) is 7.11 Å². The van der Waals surface area contributed by atoms with Gasteiger partial charge in [0.1, 0.15) is 17.7 Å². The average molecular weight is 469 g/mol. The van der Waals surface area contributed by atoms with Gasteiger partial charge in [-0.3, -0.25) is 4.79 Å². The van der Waals surface area contributed by atoms with Crippen LogP contribution in [0.4, 0.5) is 4.79 Å². The summed E-state index contributed by atoms with van der Waals surface area (Å²) in [6.45, 7) is 16.1. The first-order valence-electron chi connectivity index (χ1n) is 11.3. The minimum atomic E-state index is -2.15. The molecule has 1 fully saturated rings. The molecule has 0 radical (unpaired) electrons. The van der Waals surface area contributed by atoms with Crippen LogP contribution in [0.3, 0.4) is 0 Å². The molecule has 0 saturated carbocycles. The fourth-order valence-electron chi connectivity index (χ4n) is 3.83. The fraction of sp³-hybridized carbons (Fsp3) is 0.783. The maximum Gasteiger partial charge on any atom is 0.408 e. The largest absolute Gasteiger partial charge is 0.467 e. The molecule has 1 N–H and O–H groups in total. The number of hydrogen-bond acceptors (Lipinski definition) is 6. The number of ether oxygens (including phenoxy) is 2. The molecule has 0 unspecified atom stereocenters. The second-order valence-corrected chi connectivity index (χ2v) is 15.9. The number of carbonyl (C=O) groups is 3. The summed E-state index contributed by atoms with van der Waals surface area (Å²) in [6, 6.07) is -1.88. The van der Waals surface area contributed by atoms with Crippen molar-refractivity contribution in [2.45, 2.75) is 109 Å². The molecule has 4 atom stereocenters. The highest BCUT2D eigenvalue weighted by Gasteiger charge is 2.52. The Morgan fingerprint density at radius 2 is 1.69 bits per heavy atom. The van der Waals surface area contributed by atoms with Crippen LogP contribution in [-0.4, -0.2) is 68.1 Å². The van der Waals surface area contributed by atoms with E-state index in [0.29, 0.717) is 19.3 Å². The molecule has 2 rings (SSSR count). The number of carbonyl (C=O) groups excluding carboxylic acids is 3. The lowest BCUT2D eigenvalue weighted by molar-refractivity contribution is -0.153. The van der Waals surface area contributed by atoms with Gasteiger partial charge < -0.3 is 24.1 Å². The Morgan fingerprint density at radius 3 is 2.22 bits per heavy atom. The molecule has 32 heavy (non-hydrogen) atoms. The van der Waals surface area contributed by atoms with Crippen molar-refractivity contribution >= 4 is 26.3 Å². The van der Waals surface area contributed by atoms with Gasteiger partial charge in [-0.15, -0.1) is 0 Å². The molecule has 2 aliphatic heterocycles. The van der Waals surface area contributed by atoms with Gasteiger partial charge in [0.2, 0.25) is 5.91 Å². The summed E-state index contributed by atoms with van der Waals surface area (Å²) in [4.78, 5) is 40.2. The Kier molecular flexibility index (Phi) is 7.87.